The lowest BCUT2D eigenvalue weighted by Crippen LogP contribution is -2.51. The molecule has 4 rings (SSSR count). The van der Waals surface area contributed by atoms with Gasteiger partial charge in [0.2, 0.25) is 0 Å². The Morgan fingerprint density at radius 1 is 1.18 bits per heavy atom. The fraction of sp³-hybridized carbons (Fsp3) is 0.667. The van der Waals surface area contributed by atoms with Crippen LogP contribution in [0.2, 0.25) is 0 Å². The standard InChI is InChI=1S/C24H35N7O3/c1-24(2,3)34-23(32)31-12-9-19-20(31)21(30-14-13-29(5)17(15-30)8-10-25)27-22(26-19)33-16-18-7-6-11-28(18)4/h9,12,17-18H,6-8,11,13-16H2,1-5H3/t17-,18-/m0/s1. The molecule has 2 aromatic heterocycles. The van der Waals surface area contributed by atoms with E-state index in [1.54, 1.807) is 12.3 Å². The van der Waals surface area contributed by atoms with Crippen LogP contribution in [0.1, 0.15) is 40.0 Å². The third-order valence-electron chi connectivity index (χ3n) is 6.56. The molecular weight excluding hydrogens is 434 g/mol. The van der Waals surface area contributed by atoms with Crippen molar-refractivity contribution in [1.29, 1.82) is 5.26 Å². The summed E-state index contributed by atoms with van der Waals surface area (Å²) in [7, 11) is 4.14. The number of piperazine rings is 1. The molecule has 0 aromatic carbocycles. The summed E-state index contributed by atoms with van der Waals surface area (Å²) in [5.41, 5.74) is 0.595. The van der Waals surface area contributed by atoms with Crippen molar-refractivity contribution in [1.82, 2.24) is 24.3 Å². The maximum absolute atomic E-state index is 13.0. The predicted molar refractivity (Wildman–Crippen MR) is 129 cm³/mol. The second-order valence-corrected chi connectivity index (χ2v) is 10.3. The number of likely N-dealkylation sites (tertiary alicyclic amines) is 1. The van der Waals surface area contributed by atoms with Crippen molar-refractivity contribution in [3.8, 4) is 12.1 Å². The zero-order chi connectivity index (χ0) is 24.5. The van der Waals surface area contributed by atoms with Crippen LogP contribution in [0.25, 0.3) is 11.0 Å². The normalized spacial score (nSPS) is 22.2. The molecule has 0 amide bonds. The summed E-state index contributed by atoms with van der Waals surface area (Å²) in [4.78, 5) is 29.0. The largest absolute Gasteiger partial charge is 0.462 e. The fourth-order valence-corrected chi connectivity index (χ4v) is 4.58. The quantitative estimate of drug-likeness (QED) is 0.654. The molecule has 0 aliphatic carbocycles. The number of nitrogens with zero attached hydrogens (tertiary/aromatic N) is 7. The van der Waals surface area contributed by atoms with E-state index in [2.05, 4.69) is 32.8 Å². The zero-order valence-corrected chi connectivity index (χ0v) is 20.8. The van der Waals surface area contributed by atoms with E-state index in [1.165, 1.54) is 4.57 Å². The zero-order valence-electron chi connectivity index (χ0n) is 20.8. The monoisotopic (exact) mass is 469 g/mol. The van der Waals surface area contributed by atoms with Crippen molar-refractivity contribution in [2.45, 2.75) is 57.7 Å². The molecule has 0 saturated carbocycles. The number of anilines is 1. The molecule has 4 heterocycles. The molecule has 2 fully saturated rings. The third kappa shape index (κ3) is 5.26. The Morgan fingerprint density at radius 3 is 2.62 bits per heavy atom. The van der Waals surface area contributed by atoms with Crippen LogP contribution in [-0.4, -0.2) is 95.0 Å². The van der Waals surface area contributed by atoms with Crippen molar-refractivity contribution in [3.63, 3.8) is 0 Å². The van der Waals surface area contributed by atoms with Crippen LogP contribution < -0.4 is 9.64 Å². The van der Waals surface area contributed by atoms with Crippen LogP contribution in [0.5, 0.6) is 6.01 Å². The average Bonchev–Trinajstić information content (AvgIpc) is 3.38. The summed E-state index contributed by atoms with van der Waals surface area (Å²) >= 11 is 0. The van der Waals surface area contributed by atoms with Gasteiger partial charge in [0.1, 0.15) is 17.7 Å². The van der Waals surface area contributed by atoms with Crippen LogP contribution >= 0.6 is 0 Å². The van der Waals surface area contributed by atoms with E-state index in [9.17, 15) is 10.1 Å². The minimum atomic E-state index is -0.628. The molecule has 2 aromatic rings. The Hall–Kier alpha value is -2.90. The van der Waals surface area contributed by atoms with Gasteiger partial charge in [0.15, 0.2) is 5.82 Å². The Kier molecular flexibility index (Phi) is 6.96. The summed E-state index contributed by atoms with van der Waals surface area (Å²) in [5.74, 6) is 0.631. The highest BCUT2D eigenvalue weighted by atomic mass is 16.6. The molecule has 0 N–H and O–H groups in total. The second kappa shape index (κ2) is 9.76. The summed E-state index contributed by atoms with van der Waals surface area (Å²) in [6, 6.07) is 4.80. The van der Waals surface area contributed by atoms with Crippen molar-refractivity contribution >= 4 is 22.9 Å². The predicted octanol–water partition coefficient (Wildman–Crippen LogP) is 2.72. The molecule has 0 radical (unpaired) electrons. The van der Waals surface area contributed by atoms with E-state index < -0.39 is 11.7 Å². The summed E-state index contributed by atoms with van der Waals surface area (Å²) in [6.45, 7) is 9.24. The Balaban J connectivity index is 1.70. The average molecular weight is 470 g/mol. The molecule has 0 unspecified atom stereocenters. The van der Waals surface area contributed by atoms with Gasteiger partial charge in [-0.05, 0) is 60.3 Å². The van der Waals surface area contributed by atoms with Crippen molar-refractivity contribution in [2.75, 3.05) is 51.8 Å². The molecular formula is C24H35N7O3. The molecule has 184 valence electrons. The number of ether oxygens (including phenoxy) is 2. The smallest absolute Gasteiger partial charge is 0.419 e. The highest BCUT2D eigenvalue weighted by molar-refractivity contribution is 5.94. The maximum Gasteiger partial charge on any atom is 0.419 e. The molecule has 10 nitrogen and oxygen atoms in total. The number of likely N-dealkylation sites (N-methyl/N-ethyl adjacent to an activating group) is 2. The molecule has 0 spiro atoms. The molecule has 10 heteroatoms. The topological polar surface area (TPSA) is 99.8 Å². The van der Waals surface area contributed by atoms with Gasteiger partial charge in [-0.1, -0.05) is 0 Å². The summed E-state index contributed by atoms with van der Waals surface area (Å²) in [5, 5.41) is 9.29. The summed E-state index contributed by atoms with van der Waals surface area (Å²) in [6.07, 6.45) is 3.88. The van der Waals surface area contributed by atoms with Crippen molar-refractivity contribution in [2.24, 2.45) is 0 Å². The highest BCUT2D eigenvalue weighted by Crippen LogP contribution is 2.30. The fourth-order valence-electron chi connectivity index (χ4n) is 4.58. The number of hydrogen-bond donors (Lipinski definition) is 0. The Morgan fingerprint density at radius 2 is 1.94 bits per heavy atom. The van der Waals surface area contributed by atoms with Gasteiger partial charge >= 0.3 is 12.1 Å². The SMILES string of the molecule is CN1CCC[C@H]1COc1nc(N2CCN(C)[C@@H](CC#N)C2)c2c(ccn2C(=O)OC(C)(C)C)n1. The van der Waals surface area contributed by atoms with Gasteiger partial charge in [0.25, 0.3) is 0 Å². The number of nitriles is 1. The molecule has 2 aliphatic rings. The Labute approximate surface area is 201 Å². The Bertz CT molecular complexity index is 1070. The first-order chi connectivity index (χ1) is 16.2. The van der Waals surface area contributed by atoms with Gasteiger partial charge in [0, 0.05) is 37.9 Å². The van der Waals surface area contributed by atoms with Gasteiger partial charge in [-0.25, -0.2) is 9.36 Å². The first-order valence-corrected chi connectivity index (χ1v) is 11.9. The number of rotatable bonds is 5. The summed E-state index contributed by atoms with van der Waals surface area (Å²) < 4.78 is 13.2. The minimum absolute atomic E-state index is 0.0743. The first-order valence-electron chi connectivity index (χ1n) is 11.9. The van der Waals surface area contributed by atoms with E-state index in [-0.39, 0.29) is 6.04 Å². The number of fused-ring (bicyclic) bond motifs is 1. The second-order valence-electron chi connectivity index (χ2n) is 10.3. The lowest BCUT2D eigenvalue weighted by molar-refractivity contribution is 0.0544. The number of hydrogen-bond acceptors (Lipinski definition) is 9. The molecule has 0 bridgehead atoms. The molecule has 2 aliphatic heterocycles. The number of carbonyl (C=O) groups excluding carboxylic acids is 1. The van der Waals surface area contributed by atoms with E-state index in [4.69, 9.17) is 14.5 Å². The minimum Gasteiger partial charge on any atom is -0.462 e. The lowest BCUT2D eigenvalue weighted by atomic mass is 10.1. The molecule has 2 atom stereocenters. The van der Waals surface area contributed by atoms with Crippen LogP contribution in [-0.2, 0) is 4.74 Å². The van der Waals surface area contributed by atoms with Gasteiger partial charge in [0.05, 0.1) is 18.0 Å². The van der Waals surface area contributed by atoms with E-state index in [0.29, 0.717) is 48.5 Å². The van der Waals surface area contributed by atoms with Gasteiger partial charge in [-0.3, -0.25) is 4.90 Å². The van der Waals surface area contributed by atoms with Crippen LogP contribution in [0, 0.1) is 11.3 Å². The molecule has 2 saturated heterocycles. The van der Waals surface area contributed by atoms with Gasteiger partial charge in [-0.2, -0.15) is 15.2 Å². The highest BCUT2D eigenvalue weighted by Gasteiger charge is 2.30. The number of carbonyl (C=O) groups is 1. The third-order valence-corrected chi connectivity index (χ3v) is 6.56. The lowest BCUT2D eigenvalue weighted by Gasteiger charge is -2.39. The van der Waals surface area contributed by atoms with Crippen LogP contribution in [0.4, 0.5) is 10.6 Å². The van der Waals surface area contributed by atoms with Crippen LogP contribution in [0.15, 0.2) is 12.3 Å². The van der Waals surface area contributed by atoms with E-state index in [0.717, 1.165) is 32.5 Å². The number of aromatic nitrogens is 3. The maximum atomic E-state index is 13.0. The van der Waals surface area contributed by atoms with E-state index >= 15 is 0 Å². The van der Waals surface area contributed by atoms with Gasteiger partial charge in [-0.15, -0.1) is 0 Å². The van der Waals surface area contributed by atoms with Gasteiger partial charge < -0.3 is 19.3 Å². The van der Waals surface area contributed by atoms with Crippen LogP contribution in [0.3, 0.4) is 0 Å². The van der Waals surface area contributed by atoms with Crippen molar-refractivity contribution < 1.29 is 14.3 Å². The van der Waals surface area contributed by atoms with E-state index in [1.807, 2.05) is 27.8 Å². The molecule has 34 heavy (non-hydrogen) atoms. The van der Waals surface area contributed by atoms with Crippen molar-refractivity contribution in [3.05, 3.63) is 12.3 Å². The first kappa shape index (κ1) is 24.2.